The van der Waals surface area contributed by atoms with Crippen molar-refractivity contribution in [1.29, 1.82) is 0 Å². The van der Waals surface area contributed by atoms with E-state index in [0.717, 1.165) is 48.7 Å². The predicted molar refractivity (Wildman–Crippen MR) is 121 cm³/mol. The van der Waals surface area contributed by atoms with Crippen molar-refractivity contribution in [1.82, 2.24) is 24.9 Å². The number of hydrogen-bond donors (Lipinski definition) is 4. The van der Waals surface area contributed by atoms with E-state index in [1.54, 1.807) is 10.7 Å². The molecule has 3 aromatic heterocycles. The van der Waals surface area contributed by atoms with Crippen LogP contribution in [0.3, 0.4) is 0 Å². The smallest absolute Gasteiger partial charge is 0.257 e. The molecule has 6 rings (SSSR count). The van der Waals surface area contributed by atoms with Gasteiger partial charge in [-0.1, -0.05) is 6.07 Å². The molecule has 0 aromatic carbocycles. The van der Waals surface area contributed by atoms with Gasteiger partial charge in [0.05, 0.1) is 30.1 Å². The second-order valence-electron chi connectivity index (χ2n) is 9.23. The second-order valence-corrected chi connectivity index (χ2v) is 9.23. The van der Waals surface area contributed by atoms with Crippen LogP contribution in [0.25, 0.3) is 5.65 Å². The van der Waals surface area contributed by atoms with Gasteiger partial charge in [-0.2, -0.15) is 9.61 Å². The van der Waals surface area contributed by atoms with E-state index in [-0.39, 0.29) is 30.0 Å². The molecule has 2 fully saturated rings. The minimum Gasteiger partial charge on any atom is -0.393 e. The van der Waals surface area contributed by atoms with Crippen molar-refractivity contribution in [2.24, 2.45) is 0 Å². The van der Waals surface area contributed by atoms with E-state index in [0.29, 0.717) is 17.6 Å². The Morgan fingerprint density at radius 3 is 2.79 bits per heavy atom. The highest BCUT2D eigenvalue weighted by Crippen LogP contribution is 2.43. The maximum absolute atomic E-state index is 12.9. The first-order valence-corrected chi connectivity index (χ1v) is 11.5. The Morgan fingerprint density at radius 2 is 2.09 bits per heavy atom. The van der Waals surface area contributed by atoms with Crippen molar-refractivity contribution in [3.63, 3.8) is 0 Å². The minimum atomic E-state index is -0.495. The molecular formula is C23H27N7O3. The average Bonchev–Trinajstić information content (AvgIpc) is 3.40. The summed E-state index contributed by atoms with van der Waals surface area (Å²) in [6.45, 7) is 0.722. The summed E-state index contributed by atoms with van der Waals surface area (Å²) in [6, 6.07) is 6.03. The molecule has 0 bridgehead atoms. The first-order valence-electron chi connectivity index (χ1n) is 11.5. The van der Waals surface area contributed by atoms with Crippen LogP contribution in [-0.4, -0.2) is 73.6 Å². The van der Waals surface area contributed by atoms with Gasteiger partial charge in [-0.25, -0.2) is 9.97 Å². The Kier molecular flexibility index (Phi) is 4.73. The maximum atomic E-state index is 12.9. The molecule has 172 valence electrons. The van der Waals surface area contributed by atoms with Crippen molar-refractivity contribution in [3.05, 3.63) is 47.4 Å². The normalized spacial score (nSPS) is 28.2. The molecule has 0 radical (unpaired) electrons. The monoisotopic (exact) mass is 449 g/mol. The summed E-state index contributed by atoms with van der Waals surface area (Å²) in [6.07, 6.45) is 5.56. The number of fused-ring (bicyclic) bond motifs is 2. The maximum Gasteiger partial charge on any atom is 0.257 e. The second kappa shape index (κ2) is 7.67. The molecule has 3 aromatic rings. The highest BCUT2D eigenvalue weighted by atomic mass is 16.3. The zero-order chi connectivity index (χ0) is 22.7. The number of nitrogens with one attached hydrogen (secondary N) is 2. The SMILES string of the molecule is CNc1cc(C2CN([C@H]3C[C@@H](O)C3)c3ncccc32)nc2c(C(=O)NC3CC[C@H]3O)cnn12. The lowest BCUT2D eigenvalue weighted by atomic mass is 9.88. The summed E-state index contributed by atoms with van der Waals surface area (Å²) in [5.74, 6) is 1.39. The molecule has 2 unspecified atom stereocenters. The fourth-order valence-corrected chi connectivity index (χ4v) is 5.09. The van der Waals surface area contributed by atoms with Crippen LogP contribution < -0.4 is 15.5 Å². The van der Waals surface area contributed by atoms with Gasteiger partial charge in [0.1, 0.15) is 17.2 Å². The van der Waals surface area contributed by atoms with E-state index in [1.165, 1.54) is 6.20 Å². The van der Waals surface area contributed by atoms with Gasteiger partial charge >= 0.3 is 0 Å². The molecule has 2 saturated carbocycles. The molecule has 4 heterocycles. The van der Waals surface area contributed by atoms with Crippen molar-refractivity contribution >= 4 is 23.2 Å². The number of nitrogens with zero attached hydrogens (tertiary/aromatic N) is 5. The van der Waals surface area contributed by atoms with E-state index >= 15 is 0 Å². The van der Waals surface area contributed by atoms with Gasteiger partial charge in [0.15, 0.2) is 5.65 Å². The topological polar surface area (TPSA) is 128 Å². The van der Waals surface area contributed by atoms with Crippen molar-refractivity contribution in [2.75, 3.05) is 23.8 Å². The molecule has 4 N–H and O–H groups in total. The molecule has 10 nitrogen and oxygen atoms in total. The third kappa shape index (κ3) is 3.24. The van der Waals surface area contributed by atoms with Crippen molar-refractivity contribution in [3.8, 4) is 0 Å². The van der Waals surface area contributed by atoms with Crippen LogP contribution in [0.1, 0.15) is 53.2 Å². The van der Waals surface area contributed by atoms with Crippen LogP contribution >= 0.6 is 0 Å². The van der Waals surface area contributed by atoms with Crippen molar-refractivity contribution in [2.45, 2.75) is 55.9 Å². The van der Waals surface area contributed by atoms with Crippen LogP contribution in [0.15, 0.2) is 30.6 Å². The summed E-state index contributed by atoms with van der Waals surface area (Å²) in [4.78, 5) is 24.8. The van der Waals surface area contributed by atoms with E-state index in [1.807, 2.05) is 19.2 Å². The van der Waals surface area contributed by atoms with E-state index in [2.05, 4.69) is 31.7 Å². The summed E-state index contributed by atoms with van der Waals surface area (Å²) >= 11 is 0. The van der Waals surface area contributed by atoms with Crippen LogP contribution in [0, 0.1) is 0 Å². The molecule has 3 atom stereocenters. The molecule has 0 spiro atoms. The van der Waals surface area contributed by atoms with Gasteiger partial charge < -0.3 is 25.7 Å². The Morgan fingerprint density at radius 1 is 1.24 bits per heavy atom. The Hall–Kier alpha value is -3.24. The number of rotatable bonds is 5. The molecule has 2 aliphatic carbocycles. The standard InChI is InChI=1S/C23H27N7O3/c1-24-20-9-18(16-11-29(12-7-13(31)8-12)21-14(16)3-2-6-25-21)27-22-15(10-26-30(20)22)23(33)28-17-4-5-19(17)32/h2-3,6,9-10,12-13,16-17,19,24,31-32H,4-5,7-8,11H2,1H3,(H,28,33)/t12-,13+,16?,17?,19-/m1/s1. The van der Waals surface area contributed by atoms with Crippen LogP contribution in [0.5, 0.6) is 0 Å². The van der Waals surface area contributed by atoms with Gasteiger partial charge in [-0.05, 0) is 31.7 Å². The molecule has 1 aliphatic heterocycles. The Bertz CT molecular complexity index is 1220. The molecule has 10 heteroatoms. The molecule has 0 saturated heterocycles. The lowest BCUT2D eigenvalue weighted by Gasteiger charge is -2.39. The fraction of sp³-hybridized carbons (Fsp3) is 0.478. The number of carbonyl (C=O) groups is 1. The first-order chi connectivity index (χ1) is 16.0. The molecule has 1 amide bonds. The zero-order valence-electron chi connectivity index (χ0n) is 18.3. The van der Waals surface area contributed by atoms with Gasteiger partial charge in [0.25, 0.3) is 5.91 Å². The summed E-state index contributed by atoms with van der Waals surface area (Å²) in [5.41, 5.74) is 2.80. The number of pyridine rings is 1. The Balaban J connectivity index is 1.38. The number of anilines is 2. The number of hydrogen-bond acceptors (Lipinski definition) is 8. The highest BCUT2D eigenvalue weighted by Gasteiger charge is 2.41. The first kappa shape index (κ1) is 20.4. The van der Waals surface area contributed by atoms with Crippen LogP contribution in [-0.2, 0) is 0 Å². The number of aliphatic hydroxyl groups is 2. The van der Waals surface area contributed by atoms with Gasteiger partial charge in [0, 0.05) is 43.4 Å². The summed E-state index contributed by atoms with van der Waals surface area (Å²) in [7, 11) is 1.82. The van der Waals surface area contributed by atoms with Gasteiger partial charge in [-0.15, -0.1) is 0 Å². The quantitative estimate of drug-likeness (QED) is 0.452. The van der Waals surface area contributed by atoms with E-state index in [4.69, 9.17) is 4.98 Å². The van der Waals surface area contributed by atoms with Crippen molar-refractivity contribution < 1.29 is 15.0 Å². The number of carbonyl (C=O) groups excluding carboxylic acids is 1. The van der Waals surface area contributed by atoms with E-state index in [9.17, 15) is 15.0 Å². The lowest BCUT2D eigenvalue weighted by molar-refractivity contribution is 0.0448. The largest absolute Gasteiger partial charge is 0.393 e. The van der Waals surface area contributed by atoms with E-state index < -0.39 is 6.10 Å². The highest BCUT2D eigenvalue weighted by molar-refractivity contribution is 6.00. The molecular weight excluding hydrogens is 422 g/mol. The lowest BCUT2D eigenvalue weighted by Crippen LogP contribution is -2.50. The third-order valence-corrected chi connectivity index (χ3v) is 7.28. The van der Waals surface area contributed by atoms with Gasteiger partial charge in [0.2, 0.25) is 0 Å². The number of aliphatic hydroxyl groups excluding tert-OH is 2. The Labute approximate surface area is 190 Å². The third-order valence-electron chi connectivity index (χ3n) is 7.28. The van der Waals surface area contributed by atoms with Gasteiger partial charge in [-0.3, -0.25) is 4.79 Å². The summed E-state index contributed by atoms with van der Waals surface area (Å²) in [5, 5.41) is 30.1. The van der Waals surface area contributed by atoms with Crippen LogP contribution in [0.4, 0.5) is 11.6 Å². The number of amides is 1. The average molecular weight is 450 g/mol. The predicted octanol–water partition coefficient (Wildman–Crippen LogP) is 0.894. The number of aromatic nitrogens is 4. The molecule has 3 aliphatic rings. The minimum absolute atomic E-state index is 0.0113. The fourth-order valence-electron chi connectivity index (χ4n) is 5.09. The zero-order valence-corrected chi connectivity index (χ0v) is 18.3. The van der Waals surface area contributed by atoms with Crippen LogP contribution in [0.2, 0.25) is 0 Å². The molecule has 33 heavy (non-hydrogen) atoms. The summed E-state index contributed by atoms with van der Waals surface area (Å²) < 4.78 is 1.63.